The van der Waals surface area contributed by atoms with Gasteiger partial charge in [0.15, 0.2) is 0 Å². The number of alkyl halides is 12. The summed E-state index contributed by atoms with van der Waals surface area (Å²) in [4.78, 5) is 0.671. The van der Waals surface area contributed by atoms with E-state index in [1.807, 2.05) is 60.7 Å². The summed E-state index contributed by atoms with van der Waals surface area (Å²) in [5.74, 6) is 0. The molecule has 0 amide bonds. The van der Waals surface area contributed by atoms with Crippen LogP contribution in [0, 0.1) is 13.8 Å². The van der Waals surface area contributed by atoms with Gasteiger partial charge < -0.3 is 20.0 Å². The molecule has 17 heteroatoms. The molecule has 0 N–H and O–H groups in total. The minimum absolute atomic E-state index is 0. The smallest absolute Gasteiger partial charge is 0.835 e. The van der Waals surface area contributed by atoms with Crippen molar-refractivity contribution < 1.29 is 89.1 Å². The first-order valence-electron chi connectivity index (χ1n) is 13.6. The zero-order chi connectivity index (χ0) is 35.8. The molecule has 1 fully saturated rings. The third-order valence-electron chi connectivity index (χ3n) is 7.29. The number of rotatable bonds is 6. The van der Waals surface area contributed by atoms with Gasteiger partial charge in [0.05, 0.1) is 11.2 Å². The van der Waals surface area contributed by atoms with Gasteiger partial charge in [-0.3, -0.25) is 0 Å². The van der Waals surface area contributed by atoms with Gasteiger partial charge in [0.1, 0.15) is 0 Å². The largest absolute Gasteiger partial charge is 4.00 e. The van der Waals surface area contributed by atoms with Crippen molar-refractivity contribution >= 4 is 0 Å². The first-order valence-corrected chi connectivity index (χ1v) is 13.6. The Labute approximate surface area is 284 Å². The summed E-state index contributed by atoms with van der Waals surface area (Å²) in [5.41, 5.74) is -8.73. The Morgan fingerprint density at radius 2 is 0.787 bits per heavy atom. The second-order valence-electron chi connectivity index (χ2n) is 10.9. The number of nitrogens with zero attached hydrogens (tertiary/aromatic N) is 2. The molecule has 264 valence electrons. The van der Waals surface area contributed by atoms with Crippen LogP contribution in [0.3, 0.4) is 0 Å². The van der Waals surface area contributed by atoms with E-state index in [0.29, 0.717) is 23.9 Å². The van der Waals surface area contributed by atoms with Crippen LogP contribution < -0.4 is 10.2 Å². The van der Waals surface area contributed by atoms with E-state index in [-0.39, 0.29) is 51.9 Å². The molecule has 2 aromatic rings. The fourth-order valence-electron chi connectivity index (χ4n) is 4.69. The second-order valence-corrected chi connectivity index (χ2v) is 10.9. The Balaban J connectivity index is 0.00000114. The Bertz CT molecular complexity index is 1040. The van der Waals surface area contributed by atoms with Gasteiger partial charge in [-0.25, -0.2) is 0 Å². The topological polar surface area (TPSA) is 52.6 Å². The fourth-order valence-corrected chi connectivity index (χ4v) is 4.69. The van der Waals surface area contributed by atoms with Crippen LogP contribution in [0.5, 0.6) is 0 Å². The van der Waals surface area contributed by atoms with Crippen molar-refractivity contribution in [2.45, 2.75) is 73.7 Å². The number of benzene rings is 2. The summed E-state index contributed by atoms with van der Waals surface area (Å²) in [6.45, 7) is 3.10. The Hall–Kier alpha value is -1.94. The quantitative estimate of drug-likeness (QED) is 0.254. The molecule has 0 heterocycles. The van der Waals surface area contributed by atoms with Gasteiger partial charge in [0.25, 0.3) is 0 Å². The van der Waals surface area contributed by atoms with Crippen LogP contribution in [-0.4, -0.2) is 85.0 Å². The van der Waals surface area contributed by atoms with Crippen molar-refractivity contribution in [1.82, 2.24) is 9.80 Å². The Kier molecular flexibility index (Phi) is 16.9. The van der Waals surface area contributed by atoms with Gasteiger partial charge in [-0.05, 0) is 26.9 Å². The van der Waals surface area contributed by atoms with Crippen LogP contribution in [0.15, 0.2) is 60.7 Å². The predicted molar refractivity (Wildman–Crippen MR) is 143 cm³/mol. The third-order valence-corrected chi connectivity index (χ3v) is 7.29. The molecule has 2 atom stereocenters. The molecule has 1 aliphatic carbocycles. The van der Waals surface area contributed by atoms with Crippen molar-refractivity contribution in [3.63, 3.8) is 0 Å². The van der Waals surface area contributed by atoms with Crippen molar-refractivity contribution in [2.24, 2.45) is 0 Å². The molecule has 0 aliphatic heterocycles. The fraction of sp³-hybridized carbons (Fsp3) is 0.533. The zero-order valence-electron chi connectivity index (χ0n) is 25.3. The molecule has 1 aliphatic rings. The van der Waals surface area contributed by atoms with Crippen molar-refractivity contribution in [1.29, 1.82) is 0 Å². The van der Waals surface area contributed by atoms with Crippen LogP contribution in [-0.2, 0) is 26.2 Å². The molecular formula is C30H34F12N2O2Zr. The Morgan fingerprint density at radius 1 is 0.553 bits per heavy atom. The molecule has 4 nitrogen and oxygen atoms in total. The van der Waals surface area contributed by atoms with Crippen molar-refractivity contribution in [2.75, 3.05) is 27.2 Å². The number of hydrogen-bond acceptors (Lipinski definition) is 4. The van der Waals surface area contributed by atoms with Crippen LogP contribution >= 0.6 is 0 Å². The van der Waals surface area contributed by atoms with E-state index in [9.17, 15) is 62.9 Å². The maximum Gasteiger partial charge on any atom is 4.00 e. The van der Waals surface area contributed by atoms with Gasteiger partial charge in [0, 0.05) is 25.2 Å². The SMILES string of the molecule is CN(CC([O-])(C(F)(F)F)C(F)(F)F)[C@@H]1CCCC[C@H]1N(C)CC([O-])(C(F)(F)F)C(F)(F)F.[CH2-]c1ccccc1.[CH2-]c1ccccc1.[Zr+4]. The van der Waals surface area contributed by atoms with Gasteiger partial charge in [-0.15, -0.1) is 24.3 Å². The summed E-state index contributed by atoms with van der Waals surface area (Å²) in [5, 5.41) is 23.4. The molecule has 0 spiro atoms. The number of likely N-dealkylation sites (N-methyl/N-ethyl adjacent to an activating group) is 2. The molecule has 0 radical (unpaired) electrons. The zero-order valence-corrected chi connectivity index (χ0v) is 27.8. The number of halogens is 12. The second kappa shape index (κ2) is 17.6. The molecule has 47 heavy (non-hydrogen) atoms. The Morgan fingerprint density at radius 3 is 0.957 bits per heavy atom. The molecule has 0 aromatic heterocycles. The van der Waals surface area contributed by atoms with E-state index in [4.69, 9.17) is 0 Å². The maximum atomic E-state index is 12.9. The maximum absolute atomic E-state index is 12.9. The monoisotopic (exact) mass is 772 g/mol. The van der Waals surface area contributed by atoms with E-state index in [2.05, 4.69) is 13.8 Å². The average Bonchev–Trinajstić information content (AvgIpc) is 2.92. The van der Waals surface area contributed by atoms with E-state index in [0.717, 1.165) is 11.1 Å². The van der Waals surface area contributed by atoms with Gasteiger partial charge in [-0.1, -0.05) is 25.0 Å². The normalized spacial score (nSPS) is 18.0. The first-order chi connectivity index (χ1) is 20.8. The summed E-state index contributed by atoms with van der Waals surface area (Å²) in [7, 11) is 1.39. The van der Waals surface area contributed by atoms with Crippen LogP contribution in [0.1, 0.15) is 36.8 Å². The van der Waals surface area contributed by atoms with Crippen LogP contribution in [0.4, 0.5) is 52.7 Å². The molecule has 2 aromatic carbocycles. The summed E-state index contributed by atoms with van der Waals surface area (Å²) in [6, 6.07) is 16.9. The van der Waals surface area contributed by atoms with Gasteiger partial charge in [-0.2, -0.15) is 102 Å². The van der Waals surface area contributed by atoms with Crippen molar-refractivity contribution in [3.8, 4) is 0 Å². The third kappa shape index (κ3) is 12.5. The summed E-state index contributed by atoms with van der Waals surface area (Å²) in [6.07, 6.45) is -25.1. The van der Waals surface area contributed by atoms with E-state index in [1.54, 1.807) is 0 Å². The van der Waals surface area contributed by atoms with Crippen LogP contribution in [0.2, 0.25) is 0 Å². The van der Waals surface area contributed by atoms with E-state index >= 15 is 0 Å². The van der Waals surface area contributed by atoms with Gasteiger partial charge in [0.2, 0.25) is 0 Å². The summed E-state index contributed by atoms with van der Waals surface area (Å²) < 4.78 is 155. The molecule has 3 rings (SSSR count). The van der Waals surface area contributed by atoms with Crippen molar-refractivity contribution in [3.05, 3.63) is 85.6 Å². The standard InChI is InChI=1S/C16H20F12N2O2.2C7H7.Zr/c1-29(7-11(31,13(17,18)19)14(20,21)22)9-5-3-4-6-10(9)30(2)8-12(32,15(23,24)25)16(26,27)28;2*1-7-5-3-2-4-6-7;/h9-10H,3-8H2,1-2H3;2*2-6H,1H2;/q-2;2*-1;+4/t9-,10-;;;/m1.../s1. The van der Waals surface area contributed by atoms with Crippen LogP contribution in [0.25, 0.3) is 0 Å². The molecular weight excluding hydrogens is 740 g/mol. The van der Waals surface area contributed by atoms with E-state index in [1.165, 1.54) is 0 Å². The van der Waals surface area contributed by atoms with Gasteiger partial charge >= 0.3 is 50.9 Å². The minimum atomic E-state index is -6.27. The minimum Gasteiger partial charge on any atom is -0.835 e. The summed E-state index contributed by atoms with van der Waals surface area (Å²) >= 11 is 0. The molecule has 0 bridgehead atoms. The molecule has 1 saturated carbocycles. The predicted octanol–water partition coefficient (Wildman–Crippen LogP) is 6.34. The first kappa shape index (κ1) is 45.1. The van der Waals surface area contributed by atoms with E-state index < -0.39 is 61.1 Å². The number of hydrogen-bond donors (Lipinski definition) is 0. The molecule has 0 saturated heterocycles. The molecule has 0 unspecified atom stereocenters. The average molecular weight is 774 g/mol.